The summed E-state index contributed by atoms with van der Waals surface area (Å²) in [4.78, 5) is 8.32. The Balaban J connectivity index is 0.000000771. The molecule has 0 bridgehead atoms. The third-order valence-electron chi connectivity index (χ3n) is 2.35. The fourth-order valence-corrected chi connectivity index (χ4v) is 1.50. The van der Waals surface area contributed by atoms with E-state index < -0.39 is 0 Å². The lowest BCUT2D eigenvalue weighted by atomic mass is 10.1. The van der Waals surface area contributed by atoms with Gasteiger partial charge in [0.05, 0.1) is 6.61 Å². The van der Waals surface area contributed by atoms with Gasteiger partial charge < -0.3 is 9.47 Å². The standard InChI is InChI=1S/C12H14N2O2.C2H6/c1-9-6-13-7-10-8-14-12(5-11(9)10)16-4-3-15-2;1-2/h5-8H,3-4H2,1-2H3;1-2H3. The third-order valence-corrected chi connectivity index (χ3v) is 2.35. The van der Waals surface area contributed by atoms with E-state index in [-0.39, 0.29) is 0 Å². The fourth-order valence-electron chi connectivity index (χ4n) is 1.50. The maximum absolute atomic E-state index is 5.45. The maximum atomic E-state index is 5.45. The van der Waals surface area contributed by atoms with Gasteiger partial charge in [-0.15, -0.1) is 0 Å². The molecule has 0 radical (unpaired) electrons. The van der Waals surface area contributed by atoms with E-state index in [1.165, 1.54) is 0 Å². The van der Waals surface area contributed by atoms with Crippen LogP contribution < -0.4 is 4.74 Å². The van der Waals surface area contributed by atoms with E-state index in [2.05, 4.69) is 9.97 Å². The number of methoxy groups -OCH3 is 1. The molecule has 0 N–H and O–H groups in total. The highest BCUT2D eigenvalue weighted by molar-refractivity contribution is 5.84. The number of nitrogens with zero attached hydrogens (tertiary/aromatic N) is 2. The van der Waals surface area contributed by atoms with Crippen molar-refractivity contribution >= 4 is 10.8 Å². The summed E-state index contributed by atoms with van der Waals surface area (Å²) in [6.45, 7) is 7.10. The SMILES string of the molecule is CC.COCCOc1cc2c(C)cncc2cn1. The lowest BCUT2D eigenvalue weighted by molar-refractivity contribution is 0.144. The van der Waals surface area contributed by atoms with Crippen molar-refractivity contribution in [1.29, 1.82) is 0 Å². The van der Waals surface area contributed by atoms with Gasteiger partial charge in [-0.2, -0.15) is 0 Å². The average molecular weight is 248 g/mol. The molecule has 2 heterocycles. The Labute approximate surface area is 108 Å². The van der Waals surface area contributed by atoms with Crippen molar-refractivity contribution < 1.29 is 9.47 Å². The quantitative estimate of drug-likeness (QED) is 0.780. The fraction of sp³-hybridized carbons (Fsp3) is 0.429. The Kier molecular flexibility index (Phi) is 6.08. The van der Waals surface area contributed by atoms with E-state index in [9.17, 15) is 0 Å². The van der Waals surface area contributed by atoms with Gasteiger partial charge in [-0.1, -0.05) is 13.8 Å². The van der Waals surface area contributed by atoms with Crippen LogP contribution in [-0.4, -0.2) is 30.3 Å². The number of aryl methyl sites for hydroxylation is 1. The Hall–Kier alpha value is -1.68. The lowest BCUT2D eigenvalue weighted by Gasteiger charge is -2.06. The molecule has 2 rings (SSSR count). The molecule has 18 heavy (non-hydrogen) atoms. The van der Waals surface area contributed by atoms with Crippen LogP contribution in [0.2, 0.25) is 0 Å². The summed E-state index contributed by atoms with van der Waals surface area (Å²) in [5.74, 6) is 0.624. The van der Waals surface area contributed by atoms with Crippen LogP contribution in [0.4, 0.5) is 0 Å². The van der Waals surface area contributed by atoms with E-state index in [4.69, 9.17) is 9.47 Å². The predicted molar refractivity (Wildman–Crippen MR) is 73.0 cm³/mol. The van der Waals surface area contributed by atoms with Gasteiger partial charge in [-0.25, -0.2) is 4.98 Å². The first-order valence-corrected chi connectivity index (χ1v) is 6.13. The van der Waals surface area contributed by atoms with E-state index in [0.717, 1.165) is 16.3 Å². The van der Waals surface area contributed by atoms with Gasteiger partial charge in [-0.3, -0.25) is 4.98 Å². The Morgan fingerprint density at radius 3 is 2.61 bits per heavy atom. The highest BCUT2D eigenvalue weighted by atomic mass is 16.5. The molecule has 0 atom stereocenters. The van der Waals surface area contributed by atoms with Gasteiger partial charge in [0, 0.05) is 37.2 Å². The number of hydrogen-bond donors (Lipinski definition) is 0. The van der Waals surface area contributed by atoms with Crippen molar-refractivity contribution in [3.8, 4) is 5.88 Å². The van der Waals surface area contributed by atoms with Gasteiger partial charge in [0.2, 0.25) is 5.88 Å². The van der Waals surface area contributed by atoms with Gasteiger partial charge in [-0.05, 0) is 17.9 Å². The highest BCUT2D eigenvalue weighted by Crippen LogP contribution is 2.20. The first-order chi connectivity index (χ1) is 8.81. The topological polar surface area (TPSA) is 44.2 Å². The van der Waals surface area contributed by atoms with Gasteiger partial charge >= 0.3 is 0 Å². The summed E-state index contributed by atoms with van der Waals surface area (Å²) < 4.78 is 10.4. The molecule has 4 nitrogen and oxygen atoms in total. The van der Waals surface area contributed by atoms with E-state index in [0.29, 0.717) is 19.1 Å². The minimum atomic E-state index is 0.513. The molecule has 0 fully saturated rings. The molecule has 2 aromatic heterocycles. The van der Waals surface area contributed by atoms with Crippen LogP contribution in [0.1, 0.15) is 19.4 Å². The van der Waals surface area contributed by atoms with Crippen molar-refractivity contribution in [3.05, 3.63) is 30.2 Å². The van der Waals surface area contributed by atoms with Crippen molar-refractivity contribution in [2.24, 2.45) is 0 Å². The second-order valence-electron chi connectivity index (χ2n) is 3.54. The summed E-state index contributed by atoms with van der Waals surface area (Å²) in [7, 11) is 1.65. The molecule has 0 saturated heterocycles. The molecular weight excluding hydrogens is 228 g/mol. The molecule has 0 spiro atoms. The molecule has 0 aliphatic heterocycles. The smallest absolute Gasteiger partial charge is 0.213 e. The number of fused-ring (bicyclic) bond motifs is 1. The molecule has 98 valence electrons. The number of rotatable bonds is 4. The van der Waals surface area contributed by atoms with Crippen LogP contribution in [0.5, 0.6) is 5.88 Å². The minimum Gasteiger partial charge on any atom is -0.475 e. The summed E-state index contributed by atoms with van der Waals surface area (Å²) in [5, 5.41) is 2.15. The van der Waals surface area contributed by atoms with Gasteiger partial charge in [0.1, 0.15) is 6.61 Å². The van der Waals surface area contributed by atoms with Crippen LogP contribution in [0, 0.1) is 6.92 Å². The zero-order valence-electron chi connectivity index (χ0n) is 11.4. The number of hydrogen-bond acceptors (Lipinski definition) is 4. The molecule has 2 aromatic rings. The molecule has 0 unspecified atom stereocenters. The number of pyridine rings is 2. The van der Waals surface area contributed by atoms with Crippen molar-refractivity contribution in [2.75, 3.05) is 20.3 Å². The van der Waals surface area contributed by atoms with Crippen molar-refractivity contribution in [2.45, 2.75) is 20.8 Å². The second kappa shape index (κ2) is 7.61. The number of aromatic nitrogens is 2. The van der Waals surface area contributed by atoms with Crippen LogP contribution in [-0.2, 0) is 4.74 Å². The summed E-state index contributed by atoms with van der Waals surface area (Å²) in [5.41, 5.74) is 1.12. The van der Waals surface area contributed by atoms with Crippen LogP contribution in [0.3, 0.4) is 0 Å². The molecular formula is C14H20N2O2. The average Bonchev–Trinajstić information content (AvgIpc) is 2.42. The summed E-state index contributed by atoms with van der Waals surface area (Å²) in [6.07, 6.45) is 5.41. The summed E-state index contributed by atoms with van der Waals surface area (Å²) in [6, 6.07) is 1.93. The summed E-state index contributed by atoms with van der Waals surface area (Å²) >= 11 is 0. The van der Waals surface area contributed by atoms with Crippen molar-refractivity contribution in [3.63, 3.8) is 0 Å². The molecule has 0 aromatic carbocycles. The zero-order chi connectivity index (χ0) is 13.4. The van der Waals surface area contributed by atoms with Gasteiger partial charge in [0.15, 0.2) is 0 Å². The largest absolute Gasteiger partial charge is 0.475 e. The molecule has 0 aliphatic carbocycles. The predicted octanol–water partition coefficient (Wildman–Crippen LogP) is 2.99. The Bertz CT molecular complexity index is 486. The zero-order valence-corrected chi connectivity index (χ0v) is 11.4. The molecule has 0 saturated carbocycles. The lowest BCUT2D eigenvalue weighted by Crippen LogP contribution is -2.05. The maximum Gasteiger partial charge on any atom is 0.213 e. The van der Waals surface area contributed by atoms with Crippen LogP contribution in [0.25, 0.3) is 10.8 Å². The first-order valence-electron chi connectivity index (χ1n) is 6.13. The molecule has 0 amide bonds. The third kappa shape index (κ3) is 3.67. The first kappa shape index (κ1) is 14.4. The molecule has 4 heteroatoms. The van der Waals surface area contributed by atoms with Gasteiger partial charge in [0.25, 0.3) is 0 Å². The number of ether oxygens (including phenoxy) is 2. The normalized spacial score (nSPS) is 9.78. The van der Waals surface area contributed by atoms with Crippen molar-refractivity contribution in [1.82, 2.24) is 9.97 Å². The van der Waals surface area contributed by atoms with E-state index in [1.807, 2.05) is 33.0 Å². The van der Waals surface area contributed by atoms with Crippen LogP contribution in [0.15, 0.2) is 24.7 Å². The Morgan fingerprint density at radius 2 is 1.89 bits per heavy atom. The van der Waals surface area contributed by atoms with E-state index in [1.54, 1.807) is 19.5 Å². The highest BCUT2D eigenvalue weighted by Gasteiger charge is 2.01. The molecule has 0 aliphatic rings. The Morgan fingerprint density at radius 1 is 1.11 bits per heavy atom. The van der Waals surface area contributed by atoms with Crippen LogP contribution >= 0.6 is 0 Å². The minimum absolute atomic E-state index is 0.513. The second-order valence-corrected chi connectivity index (χ2v) is 3.54. The van der Waals surface area contributed by atoms with E-state index >= 15 is 0 Å². The monoisotopic (exact) mass is 248 g/mol.